The van der Waals surface area contributed by atoms with Gasteiger partial charge in [-0.15, -0.1) is 0 Å². The van der Waals surface area contributed by atoms with Crippen LogP contribution in [0.2, 0.25) is 0 Å². The molecule has 0 aliphatic rings. The number of hydrogen-bond acceptors (Lipinski definition) is 1. The topological polar surface area (TPSA) is 20.3 Å². The summed E-state index contributed by atoms with van der Waals surface area (Å²) in [4.78, 5) is 12.0. The fraction of sp³-hybridized carbons (Fsp3) is 0.571. The maximum Gasteiger partial charge on any atom is 2.00 e. The molecule has 0 aliphatic heterocycles. The first-order valence-corrected chi connectivity index (χ1v) is 2.64. The second-order valence-electron chi connectivity index (χ2n) is 2.10. The van der Waals surface area contributed by atoms with E-state index < -0.39 is 0 Å². The molecule has 2 nitrogen and oxygen atoms in total. The fourth-order valence-corrected chi connectivity index (χ4v) is 0.288. The zero-order chi connectivity index (χ0) is 6.73. The average Bonchev–Trinajstić information content (AvgIpc) is 1.64. The van der Waals surface area contributed by atoms with Crippen LogP contribution in [0.25, 0.3) is 0 Å². The summed E-state index contributed by atoms with van der Waals surface area (Å²) in [7, 11) is 1.74. The monoisotopic (exact) mass is 313 g/mol. The van der Waals surface area contributed by atoms with Crippen molar-refractivity contribution in [1.82, 2.24) is 4.90 Å². The molecule has 0 rings (SSSR count). The normalized spacial score (nSPS) is 7.60. The van der Waals surface area contributed by atoms with Crippen molar-refractivity contribution in [1.29, 1.82) is 0 Å². The Hall–Kier alpha value is 0.0283. The van der Waals surface area contributed by atoms with Gasteiger partial charge in [-0.3, -0.25) is 0 Å². The van der Waals surface area contributed by atoms with Crippen molar-refractivity contribution in [3.05, 3.63) is 14.4 Å². The summed E-state index contributed by atoms with van der Waals surface area (Å²) in [5, 5.41) is 0. The van der Waals surface area contributed by atoms with Crippen LogP contribution in [-0.2, 0) is 25.9 Å². The van der Waals surface area contributed by atoms with Crippen LogP contribution in [0.15, 0.2) is 0 Å². The van der Waals surface area contributed by atoms with Gasteiger partial charge in [-0.1, -0.05) is 0 Å². The molecule has 0 unspecified atom stereocenters. The summed E-state index contributed by atoms with van der Waals surface area (Å²) in [6, 6.07) is 0.264. The molecule has 0 saturated heterocycles. The first-order chi connectivity index (χ1) is 3.55. The zero-order valence-corrected chi connectivity index (χ0v) is 9.98. The van der Waals surface area contributed by atoms with Crippen LogP contribution in [0, 0.1) is 14.4 Å². The summed E-state index contributed by atoms with van der Waals surface area (Å²) in [6.45, 7) is 7.14. The van der Waals surface area contributed by atoms with Crippen LogP contribution in [-0.4, -0.2) is 23.9 Å². The van der Waals surface area contributed by atoms with Crippen LogP contribution in [0.3, 0.4) is 0 Å². The Morgan fingerprint density at radius 1 is 1.50 bits per heavy atom. The predicted molar refractivity (Wildman–Crippen MR) is 39.7 cm³/mol. The third-order valence-corrected chi connectivity index (χ3v) is 1.17. The molecule has 0 N–H and O–H groups in total. The van der Waals surface area contributed by atoms with Gasteiger partial charge in [-0.25, -0.2) is 0 Å². The Morgan fingerprint density at radius 2 is 1.80 bits per heavy atom. The molecule has 0 atom stereocenters. The van der Waals surface area contributed by atoms with Gasteiger partial charge in [0.1, 0.15) is 0 Å². The van der Waals surface area contributed by atoms with Crippen LogP contribution in [0.1, 0.15) is 13.8 Å². The molecule has 0 aliphatic carbocycles. The first kappa shape index (κ1) is 16.5. The number of carbonyl (C=O) groups excluding carboxylic acids is 1. The number of amides is 1. The number of carbonyl (C=O) groups is 1. The van der Waals surface area contributed by atoms with Crippen molar-refractivity contribution in [2.24, 2.45) is 0 Å². The third kappa shape index (κ3) is 6.15. The van der Waals surface area contributed by atoms with Crippen molar-refractivity contribution in [3.63, 3.8) is 0 Å². The minimum absolute atomic E-state index is 0. The van der Waals surface area contributed by atoms with Gasteiger partial charge in [0, 0.05) is 13.1 Å². The average molecular weight is 313 g/mol. The molecule has 0 aromatic heterocycles. The second-order valence-corrected chi connectivity index (χ2v) is 2.10. The van der Waals surface area contributed by atoms with E-state index in [-0.39, 0.29) is 40.4 Å². The van der Waals surface area contributed by atoms with Gasteiger partial charge < -0.3 is 24.0 Å². The van der Waals surface area contributed by atoms with Crippen LogP contribution < -0.4 is 0 Å². The van der Waals surface area contributed by atoms with Gasteiger partial charge in [0.25, 0.3) is 0 Å². The molecule has 0 aromatic carbocycles. The van der Waals surface area contributed by atoms with Crippen LogP contribution >= 0.6 is 0 Å². The summed E-state index contributed by atoms with van der Waals surface area (Å²) in [5.41, 5.74) is 0. The Bertz CT molecular complexity index is 93.6. The zero-order valence-electron chi connectivity index (χ0n) is 7.05. The van der Waals surface area contributed by atoms with Gasteiger partial charge in [-0.05, 0) is 13.8 Å². The van der Waals surface area contributed by atoms with Crippen molar-refractivity contribution in [2.75, 3.05) is 7.05 Å². The van der Waals surface area contributed by atoms with Gasteiger partial charge in [0.15, 0.2) is 0 Å². The van der Waals surface area contributed by atoms with E-state index >= 15 is 0 Å². The van der Waals surface area contributed by atoms with E-state index in [1.807, 2.05) is 13.8 Å². The number of nitrogens with zero attached hydrogens (tertiary/aromatic N) is 1. The van der Waals surface area contributed by atoms with E-state index in [4.69, 9.17) is 0 Å². The van der Waals surface area contributed by atoms with Gasteiger partial charge in [0.2, 0.25) is 0 Å². The van der Waals surface area contributed by atoms with Crippen molar-refractivity contribution in [3.8, 4) is 0 Å². The Labute approximate surface area is 78.2 Å². The Balaban J connectivity index is -0.000000245. The summed E-state index contributed by atoms with van der Waals surface area (Å²) >= 11 is 0. The minimum Gasteiger partial charge on any atom is -0.368 e. The molecule has 60 valence electrons. The molecular weight excluding hydrogens is 298 g/mol. The van der Waals surface area contributed by atoms with E-state index in [2.05, 4.69) is 6.92 Å². The maximum atomic E-state index is 10.4. The van der Waals surface area contributed by atoms with Crippen LogP contribution in [0.4, 0.5) is 0 Å². The van der Waals surface area contributed by atoms with Gasteiger partial charge in [0.05, 0.1) is 5.91 Å². The smallest absolute Gasteiger partial charge is 0.368 e. The SMILES string of the molecule is [CH2-]C(=O)N(C)C(C)C.[CH3-].[W+2]. The van der Waals surface area contributed by atoms with E-state index in [0.29, 0.717) is 0 Å². The first-order valence-electron chi connectivity index (χ1n) is 2.64. The predicted octanol–water partition coefficient (Wildman–Crippen LogP) is 1.14. The van der Waals surface area contributed by atoms with E-state index in [1.54, 1.807) is 11.9 Å². The molecule has 0 radical (unpaired) electrons. The number of hydrogen-bond donors (Lipinski definition) is 0. The summed E-state index contributed by atoms with van der Waals surface area (Å²) in [6.07, 6.45) is 0. The molecule has 0 aromatic rings. The Kier molecular flexibility index (Phi) is 11.8. The molecule has 0 spiro atoms. The Morgan fingerprint density at radius 3 is 1.80 bits per heavy atom. The molecule has 0 bridgehead atoms. The van der Waals surface area contributed by atoms with E-state index in [0.717, 1.165) is 0 Å². The van der Waals surface area contributed by atoms with Crippen LogP contribution in [0.5, 0.6) is 0 Å². The quantitative estimate of drug-likeness (QED) is 0.665. The summed E-state index contributed by atoms with van der Waals surface area (Å²) < 4.78 is 0. The van der Waals surface area contributed by atoms with Gasteiger partial charge >= 0.3 is 21.1 Å². The van der Waals surface area contributed by atoms with Crippen molar-refractivity contribution >= 4 is 5.91 Å². The fourth-order valence-electron chi connectivity index (χ4n) is 0.288. The van der Waals surface area contributed by atoms with Crippen molar-refractivity contribution < 1.29 is 25.9 Å². The van der Waals surface area contributed by atoms with E-state index in [1.165, 1.54) is 0 Å². The maximum absolute atomic E-state index is 10.4. The molecule has 0 heterocycles. The molecule has 3 heteroatoms. The standard InChI is InChI=1S/C6H12NO.CH3.W/c1-5(2)7(4)6(3)8;;/h5H,3H2,1-2,4H3;1H3;/q2*-1;+2. The van der Waals surface area contributed by atoms with Crippen molar-refractivity contribution in [2.45, 2.75) is 19.9 Å². The third-order valence-electron chi connectivity index (χ3n) is 1.17. The minimum atomic E-state index is -0.125. The largest absolute Gasteiger partial charge is 2.00 e. The van der Waals surface area contributed by atoms with E-state index in [9.17, 15) is 4.79 Å². The number of rotatable bonds is 1. The molecule has 0 fully saturated rings. The second kappa shape index (κ2) is 7.14. The molecule has 0 saturated carbocycles. The molecule has 10 heavy (non-hydrogen) atoms. The molecule has 1 amide bonds. The summed E-state index contributed by atoms with van der Waals surface area (Å²) in [5.74, 6) is -0.125. The van der Waals surface area contributed by atoms with Gasteiger partial charge in [-0.2, -0.15) is 0 Å². The molecular formula is C7H15NOW.